The van der Waals surface area contributed by atoms with Crippen LogP contribution in [-0.4, -0.2) is 41.4 Å². The van der Waals surface area contributed by atoms with E-state index in [1.165, 1.54) is 11.6 Å². The van der Waals surface area contributed by atoms with Crippen molar-refractivity contribution in [3.8, 4) is 0 Å². The van der Waals surface area contributed by atoms with Crippen LogP contribution in [0.2, 0.25) is 6.82 Å². The van der Waals surface area contributed by atoms with Gasteiger partial charge in [0.05, 0.1) is 6.61 Å². The molecule has 0 saturated carbocycles. The Bertz CT molecular complexity index is 282. The minimum Gasteiger partial charge on any atom is -0.464 e. The lowest BCUT2D eigenvalue weighted by Crippen LogP contribution is -2.48. The van der Waals surface area contributed by atoms with Crippen LogP contribution in [0.3, 0.4) is 0 Å². The molecule has 1 aliphatic heterocycles. The number of amides is 1. The summed E-state index contributed by atoms with van der Waals surface area (Å²) in [5.41, 5.74) is 0. The predicted octanol–water partition coefficient (Wildman–Crippen LogP) is 0.287. The summed E-state index contributed by atoms with van der Waals surface area (Å²) < 4.78 is 4.90. The van der Waals surface area contributed by atoms with Gasteiger partial charge in [-0.3, -0.25) is 4.79 Å². The van der Waals surface area contributed by atoms with E-state index in [0.29, 0.717) is 12.8 Å². The minimum atomic E-state index is -0.946. The fourth-order valence-corrected chi connectivity index (χ4v) is 2.08. The average Bonchev–Trinajstić information content (AvgIpc) is 2.55. The summed E-state index contributed by atoms with van der Waals surface area (Å²) in [6, 6.07) is -0.627. The predicted molar refractivity (Wildman–Crippen MR) is 59.5 cm³/mol. The Hall–Kier alpha value is -1.04. The van der Waals surface area contributed by atoms with Crippen LogP contribution in [0.5, 0.6) is 0 Å². The zero-order valence-corrected chi connectivity index (χ0v) is 9.97. The highest BCUT2D eigenvalue weighted by Crippen LogP contribution is 2.28. The number of hydrogen-bond acceptors (Lipinski definition) is 4. The second kappa shape index (κ2) is 5.34. The Morgan fingerprint density at radius 3 is 2.69 bits per heavy atom. The molecule has 0 aromatic rings. The zero-order valence-electron chi connectivity index (χ0n) is 9.97. The molecule has 0 aromatic heterocycles. The highest BCUT2D eigenvalue weighted by Gasteiger charge is 2.45. The molecule has 16 heavy (non-hydrogen) atoms. The molecule has 90 valence electrons. The lowest BCUT2D eigenvalue weighted by atomic mass is 9.84. The number of esters is 1. The van der Waals surface area contributed by atoms with Crippen molar-refractivity contribution in [2.75, 3.05) is 6.61 Å². The molecule has 1 amide bonds. The summed E-state index contributed by atoms with van der Waals surface area (Å²) in [7, 11) is -0.946. The van der Waals surface area contributed by atoms with Crippen LogP contribution in [0.15, 0.2) is 0 Å². The number of carbonyl (C=O) groups excluding carboxylic acids is 2. The number of hydrogen-bond donors (Lipinski definition) is 1. The maximum atomic E-state index is 11.9. The van der Waals surface area contributed by atoms with Gasteiger partial charge in [-0.05, 0) is 26.6 Å². The van der Waals surface area contributed by atoms with Gasteiger partial charge in [0.1, 0.15) is 6.04 Å². The monoisotopic (exact) mass is 227 g/mol. The van der Waals surface area contributed by atoms with Crippen LogP contribution in [0.4, 0.5) is 0 Å². The van der Waals surface area contributed by atoms with Crippen molar-refractivity contribution in [2.45, 2.75) is 39.6 Å². The van der Waals surface area contributed by atoms with Crippen LogP contribution < -0.4 is 0 Å². The number of carbonyl (C=O) groups is 2. The van der Waals surface area contributed by atoms with E-state index in [4.69, 9.17) is 4.74 Å². The zero-order chi connectivity index (χ0) is 12.3. The molecule has 0 aromatic carbocycles. The van der Waals surface area contributed by atoms with Gasteiger partial charge >= 0.3 is 13.0 Å². The molecule has 0 radical (unpaired) electrons. The van der Waals surface area contributed by atoms with Crippen molar-refractivity contribution in [1.82, 2.24) is 4.81 Å². The third-order valence-corrected chi connectivity index (χ3v) is 2.90. The van der Waals surface area contributed by atoms with E-state index in [1.807, 2.05) is 6.92 Å². The molecule has 2 atom stereocenters. The van der Waals surface area contributed by atoms with E-state index < -0.39 is 19.1 Å². The van der Waals surface area contributed by atoms with E-state index in [9.17, 15) is 14.6 Å². The molecule has 5 nitrogen and oxygen atoms in total. The maximum absolute atomic E-state index is 11.9. The molecular formula is C10H18BNO4. The Balaban J connectivity index is 2.82. The lowest BCUT2D eigenvalue weighted by molar-refractivity contribution is -0.149. The van der Waals surface area contributed by atoms with Gasteiger partial charge in [0.25, 0.3) is 0 Å². The number of ether oxygens (including phenoxy) is 1. The Morgan fingerprint density at radius 2 is 2.25 bits per heavy atom. The smallest absolute Gasteiger partial charge is 0.412 e. The highest BCUT2D eigenvalue weighted by atomic mass is 16.5. The molecule has 1 N–H and O–H groups in total. The van der Waals surface area contributed by atoms with E-state index in [2.05, 4.69) is 0 Å². The molecule has 0 unspecified atom stereocenters. The van der Waals surface area contributed by atoms with Gasteiger partial charge < -0.3 is 14.6 Å². The molecular weight excluding hydrogens is 209 g/mol. The van der Waals surface area contributed by atoms with Crippen molar-refractivity contribution in [1.29, 1.82) is 0 Å². The topological polar surface area (TPSA) is 66.8 Å². The van der Waals surface area contributed by atoms with Crippen molar-refractivity contribution in [2.24, 2.45) is 5.92 Å². The Morgan fingerprint density at radius 1 is 1.62 bits per heavy atom. The van der Waals surface area contributed by atoms with Gasteiger partial charge in [-0.15, -0.1) is 0 Å². The quantitative estimate of drug-likeness (QED) is 0.553. The van der Waals surface area contributed by atoms with Gasteiger partial charge in [-0.2, -0.15) is 0 Å². The summed E-state index contributed by atoms with van der Waals surface area (Å²) in [5.74, 6) is -0.757. The molecule has 0 aliphatic carbocycles. The lowest BCUT2D eigenvalue weighted by Gasteiger charge is -2.23. The molecule has 1 heterocycles. The fraction of sp³-hybridized carbons (Fsp3) is 0.800. The highest BCUT2D eigenvalue weighted by molar-refractivity contribution is 6.50. The van der Waals surface area contributed by atoms with E-state index in [-0.39, 0.29) is 18.4 Å². The second-order valence-corrected chi connectivity index (χ2v) is 3.99. The normalized spacial score (nSPS) is 24.8. The average molecular weight is 227 g/mol. The van der Waals surface area contributed by atoms with Crippen molar-refractivity contribution < 1.29 is 19.3 Å². The van der Waals surface area contributed by atoms with E-state index >= 15 is 0 Å². The number of nitrogens with zero attached hydrogens (tertiary/aromatic N) is 1. The van der Waals surface area contributed by atoms with Gasteiger partial charge in [-0.25, -0.2) is 4.79 Å². The molecule has 6 heteroatoms. The molecule has 0 bridgehead atoms. The van der Waals surface area contributed by atoms with Crippen LogP contribution in [-0.2, 0) is 14.3 Å². The SMILES string of the molecule is CCOC(=O)[C@@H]1C[C@@H](CC)C(=O)N1B(C)O. The summed E-state index contributed by atoms with van der Waals surface area (Å²) in [6.45, 7) is 5.39. The minimum absolute atomic E-state index is 0.157. The van der Waals surface area contributed by atoms with Crippen molar-refractivity contribution in [3.63, 3.8) is 0 Å². The number of rotatable bonds is 4. The third-order valence-electron chi connectivity index (χ3n) is 2.90. The van der Waals surface area contributed by atoms with E-state index in [1.54, 1.807) is 6.92 Å². The summed E-state index contributed by atoms with van der Waals surface area (Å²) in [6.07, 6.45) is 1.12. The molecule has 1 saturated heterocycles. The van der Waals surface area contributed by atoms with Crippen molar-refractivity contribution >= 4 is 18.9 Å². The maximum Gasteiger partial charge on any atom is 0.412 e. The molecule has 1 aliphatic rings. The fourth-order valence-electron chi connectivity index (χ4n) is 2.08. The summed E-state index contributed by atoms with van der Waals surface area (Å²) >= 11 is 0. The first-order valence-electron chi connectivity index (χ1n) is 5.69. The molecule has 1 rings (SSSR count). The van der Waals surface area contributed by atoms with Gasteiger partial charge in [-0.1, -0.05) is 6.92 Å². The second-order valence-electron chi connectivity index (χ2n) is 3.99. The van der Waals surface area contributed by atoms with Crippen LogP contribution >= 0.6 is 0 Å². The molecule has 1 fully saturated rings. The first kappa shape index (κ1) is 13.0. The van der Waals surface area contributed by atoms with E-state index in [0.717, 1.165) is 0 Å². The third kappa shape index (κ3) is 2.37. The van der Waals surface area contributed by atoms with Gasteiger partial charge in [0, 0.05) is 5.92 Å². The summed E-state index contributed by atoms with van der Waals surface area (Å²) in [4.78, 5) is 24.7. The largest absolute Gasteiger partial charge is 0.464 e. The standard InChI is InChI=1S/C10H18BNO4/c1-4-7-6-8(10(14)16-5-2)12(9(7)13)11(3)15/h7-8,15H,4-6H2,1-3H3/t7-,8+/m1/s1. The van der Waals surface area contributed by atoms with Crippen LogP contribution in [0, 0.1) is 5.92 Å². The first-order valence-corrected chi connectivity index (χ1v) is 5.69. The van der Waals surface area contributed by atoms with Gasteiger partial charge in [0.2, 0.25) is 5.91 Å². The first-order chi connectivity index (χ1) is 7.52. The Labute approximate surface area is 95.9 Å². The Kier molecular flexibility index (Phi) is 4.35. The van der Waals surface area contributed by atoms with Crippen LogP contribution in [0.1, 0.15) is 26.7 Å². The van der Waals surface area contributed by atoms with Gasteiger partial charge in [0.15, 0.2) is 0 Å². The summed E-state index contributed by atoms with van der Waals surface area (Å²) in [5, 5.41) is 9.52. The van der Waals surface area contributed by atoms with Crippen molar-refractivity contribution in [3.05, 3.63) is 0 Å². The molecule has 0 spiro atoms. The van der Waals surface area contributed by atoms with Crippen LogP contribution in [0.25, 0.3) is 0 Å².